The molecule has 0 amide bonds. The van der Waals surface area contributed by atoms with Crippen molar-refractivity contribution in [3.05, 3.63) is 23.9 Å². The molecule has 1 saturated carbocycles. The van der Waals surface area contributed by atoms with E-state index in [2.05, 4.69) is 23.3 Å². The Morgan fingerprint density at radius 1 is 1.28 bits per heavy atom. The number of aromatic nitrogens is 1. The number of nitrogens with one attached hydrogen (secondary N) is 1. The molecule has 0 spiro atoms. The third kappa shape index (κ3) is 3.70. The van der Waals surface area contributed by atoms with Crippen LogP contribution in [0, 0.1) is 0 Å². The summed E-state index contributed by atoms with van der Waals surface area (Å²) in [4.78, 5) is 4.33. The van der Waals surface area contributed by atoms with Crippen molar-refractivity contribution in [1.29, 1.82) is 0 Å². The third-order valence-corrected chi connectivity index (χ3v) is 3.78. The van der Waals surface area contributed by atoms with Crippen molar-refractivity contribution in [3.63, 3.8) is 0 Å². The fourth-order valence-corrected chi connectivity index (χ4v) is 2.46. The van der Waals surface area contributed by atoms with Crippen LogP contribution in [0.2, 0.25) is 0 Å². The average Bonchev–Trinajstić information content (AvgIpc) is 2.67. The van der Waals surface area contributed by atoms with Crippen LogP contribution in [0.15, 0.2) is 18.3 Å². The van der Waals surface area contributed by atoms with Gasteiger partial charge >= 0.3 is 0 Å². The predicted octanol–water partition coefficient (Wildman–Crippen LogP) is 3.46. The second-order valence-corrected chi connectivity index (χ2v) is 5.17. The largest absolute Gasteiger partial charge is 0.474 e. The van der Waals surface area contributed by atoms with Gasteiger partial charge in [-0.2, -0.15) is 0 Å². The van der Waals surface area contributed by atoms with E-state index in [4.69, 9.17) is 4.74 Å². The van der Waals surface area contributed by atoms with Gasteiger partial charge in [-0.1, -0.05) is 12.8 Å². The van der Waals surface area contributed by atoms with Crippen LogP contribution < -0.4 is 10.1 Å². The van der Waals surface area contributed by atoms with Crippen molar-refractivity contribution in [2.45, 2.75) is 57.6 Å². The van der Waals surface area contributed by atoms with Crippen LogP contribution in [0.4, 0.5) is 0 Å². The van der Waals surface area contributed by atoms with Crippen LogP contribution in [-0.2, 0) is 0 Å². The molecule has 1 fully saturated rings. The van der Waals surface area contributed by atoms with Gasteiger partial charge in [-0.3, -0.25) is 0 Å². The highest BCUT2D eigenvalue weighted by Gasteiger charge is 2.14. The molecule has 1 unspecified atom stereocenters. The molecule has 100 valence electrons. The molecule has 0 aliphatic heterocycles. The molecule has 1 aromatic heterocycles. The van der Waals surface area contributed by atoms with E-state index in [-0.39, 0.29) is 0 Å². The van der Waals surface area contributed by atoms with Crippen molar-refractivity contribution >= 4 is 0 Å². The first-order valence-corrected chi connectivity index (χ1v) is 7.09. The molecule has 1 heterocycles. The first-order valence-electron chi connectivity index (χ1n) is 7.09. The van der Waals surface area contributed by atoms with Gasteiger partial charge in [0.15, 0.2) is 0 Å². The molecule has 3 nitrogen and oxygen atoms in total. The molecule has 1 aromatic rings. The summed E-state index contributed by atoms with van der Waals surface area (Å²) in [7, 11) is 1.97. The molecule has 1 aliphatic carbocycles. The second-order valence-electron chi connectivity index (χ2n) is 5.17. The van der Waals surface area contributed by atoms with E-state index in [1.54, 1.807) is 0 Å². The van der Waals surface area contributed by atoms with Gasteiger partial charge in [-0.25, -0.2) is 4.98 Å². The molecule has 3 heteroatoms. The number of rotatable bonds is 4. The fraction of sp³-hybridized carbons (Fsp3) is 0.667. The quantitative estimate of drug-likeness (QED) is 0.829. The maximum atomic E-state index is 6.03. The molecule has 1 N–H and O–H groups in total. The molecule has 2 rings (SSSR count). The van der Waals surface area contributed by atoms with Crippen LogP contribution >= 0.6 is 0 Å². The van der Waals surface area contributed by atoms with Gasteiger partial charge in [0.25, 0.3) is 0 Å². The summed E-state index contributed by atoms with van der Waals surface area (Å²) in [6, 6.07) is 4.44. The summed E-state index contributed by atoms with van der Waals surface area (Å²) >= 11 is 0. The first kappa shape index (κ1) is 13.3. The second kappa shape index (κ2) is 6.74. The number of hydrogen-bond acceptors (Lipinski definition) is 3. The van der Waals surface area contributed by atoms with Crippen LogP contribution in [0.3, 0.4) is 0 Å². The summed E-state index contributed by atoms with van der Waals surface area (Å²) in [5.41, 5.74) is 1.23. The van der Waals surface area contributed by atoms with Crippen molar-refractivity contribution in [1.82, 2.24) is 10.3 Å². The fourth-order valence-electron chi connectivity index (χ4n) is 2.46. The zero-order chi connectivity index (χ0) is 12.8. The zero-order valence-electron chi connectivity index (χ0n) is 11.5. The Kier molecular flexibility index (Phi) is 5.00. The first-order chi connectivity index (χ1) is 8.79. The van der Waals surface area contributed by atoms with E-state index >= 15 is 0 Å². The molecule has 1 atom stereocenters. The van der Waals surface area contributed by atoms with E-state index in [9.17, 15) is 0 Å². The highest BCUT2D eigenvalue weighted by Crippen LogP contribution is 2.23. The lowest BCUT2D eigenvalue weighted by Gasteiger charge is -2.17. The third-order valence-electron chi connectivity index (χ3n) is 3.78. The summed E-state index contributed by atoms with van der Waals surface area (Å²) in [5, 5.41) is 3.24. The molecule has 1 aliphatic rings. The van der Waals surface area contributed by atoms with Crippen molar-refractivity contribution < 1.29 is 4.74 Å². The van der Waals surface area contributed by atoms with Gasteiger partial charge in [0.1, 0.15) is 6.10 Å². The molecular weight excluding hydrogens is 224 g/mol. The average molecular weight is 248 g/mol. The van der Waals surface area contributed by atoms with E-state index in [0.29, 0.717) is 12.1 Å². The maximum absolute atomic E-state index is 6.03. The minimum Gasteiger partial charge on any atom is -0.474 e. The van der Waals surface area contributed by atoms with Crippen molar-refractivity contribution in [2.24, 2.45) is 0 Å². The molecule has 18 heavy (non-hydrogen) atoms. The number of pyridine rings is 1. The lowest BCUT2D eigenvalue weighted by Crippen LogP contribution is -2.17. The smallest absolute Gasteiger partial charge is 0.213 e. The number of hydrogen-bond donors (Lipinski definition) is 1. The van der Waals surface area contributed by atoms with Crippen LogP contribution in [0.25, 0.3) is 0 Å². The summed E-state index contributed by atoms with van der Waals surface area (Å²) in [6.07, 6.45) is 9.83. The summed E-state index contributed by atoms with van der Waals surface area (Å²) < 4.78 is 6.03. The van der Waals surface area contributed by atoms with Crippen LogP contribution in [0.5, 0.6) is 5.88 Å². The van der Waals surface area contributed by atoms with E-state index in [0.717, 1.165) is 5.88 Å². The van der Waals surface area contributed by atoms with Crippen molar-refractivity contribution in [3.8, 4) is 5.88 Å². The highest BCUT2D eigenvalue weighted by atomic mass is 16.5. The SMILES string of the molecule is CNC(C)c1ccnc(OC2CCCCCC2)c1. The Bertz CT molecular complexity index is 359. The minimum atomic E-state index is 0.337. The lowest BCUT2D eigenvalue weighted by atomic mass is 10.1. The van der Waals surface area contributed by atoms with Gasteiger partial charge in [0.05, 0.1) is 0 Å². The van der Waals surface area contributed by atoms with E-state index in [1.165, 1.54) is 44.1 Å². The Balaban J connectivity index is 1.99. The Hall–Kier alpha value is -1.09. The predicted molar refractivity (Wildman–Crippen MR) is 73.8 cm³/mol. The van der Waals surface area contributed by atoms with Gasteiger partial charge in [0.2, 0.25) is 5.88 Å². The van der Waals surface area contributed by atoms with Gasteiger partial charge in [-0.15, -0.1) is 0 Å². The van der Waals surface area contributed by atoms with Gasteiger partial charge < -0.3 is 10.1 Å². The molecule has 0 bridgehead atoms. The standard InChI is InChI=1S/C15H24N2O/c1-12(16-2)13-9-10-17-15(11-13)18-14-7-5-3-4-6-8-14/h9-12,14,16H,3-8H2,1-2H3. The monoisotopic (exact) mass is 248 g/mol. The molecule has 0 radical (unpaired) electrons. The summed E-state index contributed by atoms with van der Waals surface area (Å²) in [6.45, 7) is 2.14. The molecular formula is C15H24N2O. The van der Waals surface area contributed by atoms with Gasteiger partial charge in [-0.05, 0) is 51.3 Å². The lowest BCUT2D eigenvalue weighted by molar-refractivity contribution is 0.176. The van der Waals surface area contributed by atoms with Gasteiger partial charge in [0, 0.05) is 18.3 Å². The topological polar surface area (TPSA) is 34.2 Å². The Labute approximate surface area is 110 Å². The Morgan fingerprint density at radius 2 is 2.00 bits per heavy atom. The number of ether oxygens (including phenoxy) is 1. The van der Waals surface area contributed by atoms with Crippen LogP contribution in [0.1, 0.15) is 57.1 Å². The van der Waals surface area contributed by atoms with E-state index < -0.39 is 0 Å². The molecule has 0 saturated heterocycles. The Morgan fingerprint density at radius 3 is 2.67 bits per heavy atom. The highest BCUT2D eigenvalue weighted by molar-refractivity contribution is 5.23. The van der Waals surface area contributed by atoms with E-state index in [1.807, 2.05) is 19.3 Å². The molecule has 0 aromatic carbocycles. The zero-order valence-corrected chi connectivity index (χ0v) is 11.5. The van der Waals surface area contributed by atoms with Crippen molar-refractivity contribution in [2.75, 3.05) is 7.05 Å². The normalized spacial score (nSPS) is 19.2. The number of nitrogens with zero attached hydrogens (tertiary/aromatic N) is 1. The summed E-state index contributed by atoms with van der Waals surface area (Å²) in [5.74, 6) is 0.779. The van der Waals surface area contributed by atoms with Crippen LogP contribution in [-0.4, -0.2) is 18.1 Å². The minimum absolute atomic E-state index is 0.337. The maximum Gasteiger partial charge on any atom is 0.213 e.